The number of oxazole rings is 1. The Bertz CT molecular complexity index is 1700. The van der Waals surface area contributed by atoms with Crippen LogP contribution >= 0.6 is 11.3 Å². The molecule has 48 heavy (non-hydrogen) atoms. The number of ether oxygens (including phenoxy) is 2. The lowest BCUT2D eigenvalue weighted by Crippen LogP contribution is -2.56. The molecule has 5 heterocycles. The zero-order chi connectivity index (χ0) is 33.3. The number of alkyl carbamates (subject to hydrolysis) is 1. The maximum absolute atomic E-state index is 14.3. The second-order valence-electron chi connectivity index (χ2n) is 13.0. The molecule has 1 saturated heterocycles. The number of carbonyl (C=O) groups excluding carboxylic acids is 3. The van der Waals surface area contributed by atoms with Crippen LogP contribution in [0.4, 0.5) is 4.79 Å². The molecule has 3 fully saturated rings. The fourth-order valence-corrected chi connectivity index (χ4v) is 7.75. The summed E-state index contributed by atoms with van der Waals surface area (Å²) in [6.45, 7) is 0.0153. The second-order valence-corrected chi connectivity index (χ2v) is 13.9. The van der Waals surface area contributed by atoms with E-state index < -0.39 is 47.6 Å². The highest BCUT2D eigenvalue weighted by Gasteiger charge is 2.61. The topological polar surface area (TPSA) is 186 Å². The second kappa shape index (κ2) is 13.5. The molecule has 254 valence electrons. The van der Waals surface area contributed by atoms with Crippen LogP contribution in [0.15, 0.2) is 40.5 Å². The van der Waals surface area contributed by atoms with E-state index in [2.05, 4.69) is 25.6 Å². The van der Waals surface area contributed by atoms with Crippen molar-refractivity contribution in [3.63, 3.8) is 0 Å². The van der Waals surface area contributed by atoms with Crippen molar-refractivity contribution in [1.82, 2.24) is 30.5 Å². The number of carbonyl (C=O) groups is 4. The van der Waals surface area contributed by atoms with Crippen LogP contribution in [0.3, 0.4) is 0 Å². The summed E-state index contributed by atoms with van der Waals surface area (Å²) in [5.41, 5.74) is -0.814. The number of nitrogens with zero attached hydrogens (tertiary/aromatic N) is 4. The van der Waals surface area contributed by atoms with Gasteiger partial charge in [0.15, 0.2) is 0 Å². The third-order valence-corrected chi connectivity index (χ3v) is 10.6. The quantitative estimate of drug-likeness (QED) is 0.317. The van der Waals surface area contributed by atoms with Crippen molar-refractivity contribution < 1.29 is 38.2 Å². The SMILES string of the molecule is O=C(N[C@H]1CCCCC/C=C/[C@@H]2C[C@@]2(C(=O)O)NC(=O)[C@@H]2C[C@@H](Oc3nc(-c4ncco4)nc4ccsc34)CN2C1=O)OC1CCCC1. The maximum Gasteiger partial charge on any atom is 0.408 e. The minimum atomic E-state index is -1.44. The number of aromatic nitrogens is 3. The Morgan fingerprint density at radius 3 is 2.73 bits per heavy atom. The molecule has 3 amide bonds. The summed E-state index contributed by atoms with van der Waals surface area (Å²) in [7, 11) is 0. The third kappa shape index (κ3) is 6.60. The van der Waals surface area contributed by atoms with Gasteiger partial charge in [0.1, 0.15) is 40.8 Å². The number of thiophene rings is 1. The van der Waals surface area contributed by atoms with Gasteiger partial charge >= 0.3 is 12.1 Å². The van der Waals surface area contributed by atoms with Crippen LogP contribution < -0.4 is 15.4 Å². The predicted octanol–water partition coefficient (Wildman–Crippen LogP) is 4.21. The Hall–Kier alpha value is -4.53. The smallest absolute Gasteiger partial charge is 0.408 e. The van der Waals surface area contributed by atoms with E-state index in [0.717, 1.165) is 44.9 Å². The van der Waals surface area contributed by atoms with Crippen LogP contribution in [0.2, 0.25) is 0 Å². The van der Waals surface area contributed by atoms with Gasteiger partial charge in [0.25, 0.3) is 5.89 Å². The molecular formula is C33H38N6O8S. The first-order valence-corrected chi connectivity index (χ1v) is 17.5. The van der Waals surface area contributed by atoms with Gasteiger partial charge in [-0.3, -0.25) is 9.59 Å². The van der Waals surface area contributed by atoms with Gasteiger partial charge in [0.2, 0.25) is 23.5 Å². The molecule has 2 aliphatic carbocycles. The molecule has 2 aliphatic heterocycles. The Balaban J connectivity index is 1.17. The molecule has 0 unspecified atom stereocenters. The molecule has 0 radical (unpaired) electrons. The molecular weight excluding hydrogens is 640 g/mol. The normalized spacial score (nSPS) is 28.9. The van der Waals surface area contributed by atoms with Gasteiger partial charge in [-0.15, -0.1) is 11.3 Å². The first-order valence-electron chi connectivity index (χ1n) is 16.6. The Morgan fingerprint density at radius 2 is 1.94 bits per heavy atom. The fourth-order valence-electron chi connectivity index (χ4n) is 6.98. The van der Waals surface area contributed by atoms with Crippen LogP contribution in [0.25, 0.3) is 21.9 Å². The van der Waals surface area contributed by atoms with Gasteiger partial charge in [-0.2, -0.15) is 4.98 Å². The lowest BCUT2D eigenvalue weighted by Gasteiger charge is -2.29. The van der Waals surface area contributed by atoms with Gasteiger partial charge in [-0.05, 0) is 62.8 Å². The number of carboxylic acid groups (broad SMARTS) is 1. The highest BCUT2D eigenvalue weighted by Crippen LogP contribution is 2.45. The standard InChI is InChI=1S/C33H38N6O8S/c40-27-24-16-21(46-28-25-22(12-15-48-25)35-26(37-28)29-34-13-14-45-29)18-39(24)30(41)23(36-32(44)47-20-9-6-7-10-20)11-5-3-1-2-4-8-19-17-33(19,38-27)31(42)43/h4,8,12-15,19-21,23-24H,1-3,5-7,9-11,16-18H2,(H,36,44)(H,38,40)(H,42,43)/b8-4+/t19-,21-,23+,24+,33-/m1/s1. The molecule has 0 spiro atoms. The van der Waals surface area contributed by atoms with Crippen molar-refractivity contribution in [2.45, 2.75) is 100 Å². The molecule has 4 aliphatic rings. The number of allylic oxidation sites excluding steroid dienone is 1. The van der Waals surface area contributed by atoms with E-state index in [1.54, 1.807) is 0 Å². The molecule has 0 aromatic carbocycles. The molecule has 3 aromatic heterocycles. The number of aliphatic carboxylic acids is 1. The molecule has 7 rings (SSSR count). The van der Waals surface area contributed by atoms with Gasteiger partial charge < -0.3 is 34.5 Å². The number of carboxylic acids is 1. The average Bonchev–Trinajstić information content (AvgIpc) is 3.71. The highest BCUT2D eigenvalue weighted by atomic mass is 32.1. The summed E-state index contributed by atoms with van der Waals surface area (Å²) < 4.78 is 18.1. The van der Waals surface area contributed by atoms with Crippen molar-refractivity contribution in [2.24, 2.45) is 5.92 Å². The minimum Gasteiger partial charge on any atom is -0.479 e. The predicted molar refractivity (Wildman–Crippen MR) is 172 cm³/mol. The minimum absolute atomic E-state index is 0.0153. The summed E-state index contributed by atoms with van der Waals surface area (Å²) in [4.78, 5) is 68.3. The van der Waals surface area contributed by atoms with E-state index >= 15 is 0 Å². The average molecular weight is 679 g/mol. The summed E-state index contributed by atoms with van der Waals surface area (Å²) in [6, 6.07) is -0.157. The first kappa shape index (κ1) is 32.0. The van der Waals surface area contributed by atoms with E-state index in [1.165, 1.54) is 28.7 Å². The van der Waals surface area contributed by atoms with Crippen molar-refractivity contribution in [1.29, 1.82) is 0 Å². The van der Waals surface area contributed by atoms with Crippen LogP contribution in [-0.4, -0.2) is 85.2 Å². The third-order valence-electron chi connectivity index (χ3n) is 9.66. The molecule has 2 saturated carbocycles. The summed E-state index contributed by atoms with van der Waals surface area (Å²) in [5.74, 6) is -1.79. The van der Waals surface area contributed by atoms with Crippen molar-refractivity contribution in [3.8, 4) is 17.6 Å². The van der Waals surface area contributed by atoms with Crippen molar-refractivity contribution >= 4 is 45.4 Å². The van der Waals surface area contributed by atoms with Gasteiger partial charge in [0, 0.05) is 12.3 Å². The Kier molecular flexibility index (Phi) is 9.03. The van der Waals surface area contributed by atoms with E-state index in [9.17, 15) is 24.3 Å². The van der Waals surface area contributed by atoms with Crippen molar-refractivity contribution in [2.75, 3.05) is 6.54 Å². The monoisotopic (exact) mass is 678 g/mol. The number of hydrogen-bond donors (Lipinski definition) is 3. The van der Waals surface area contributed by atoms with Crippen LogP contribution in [0.1, 0.15) is 70.6 Å². The van der Waals surface area contributed by atoms with E-state index in [4.69, 9.17) is 13.9 Å². The Morgan fingerprint density at radius 1 is 1.10 bits per heavy atom. The molecule has 3 N–H and O–H groups in total. The lowest BCUT2D eigenvalue weighted by atomic mass is 10.0. The van der Waals surface area contributed by atoms with Crippen LogP contribution in [0.5, 0.6) is 5.88 Å². The molecule has 15 heteroatoms. The molecule has 3 aromatic rings. The van der Waals surface area contributed by atoms with E-state index in [-0.39, 0.29) is 49.0 Å². The summed E-state index contributed by atoms with van der Waals surface area (Å²) in [5, 5.41) is 17.6. The van der Waals surface area contributed by atoms with Gasteiger partial charge in [0.05, 0.1) is 18.3 Å². The number of amides is 3. The first-order chi connectivity index (χ1) is 23.3. The maximum atomic E-state index is 14.3. The zero-order valence-electron chi connectivity index (χ0n) is 26.3. The molecule has 0 bridgehead atoms. The van der Waals surface area contributed by atoms with Crippen LogP contribution in [0, 0.1) is 5.92 Å². The molecule has 14 nitrogen and oxygen atoms in total. The van der Waals surface area contributed by atoms with Crippen molar-refractivity contribution in [3.05, 3.63) is 36.1 Å². The summed E-state index contributed by atoms with van der Waals surface area (Å²) in [6.07, 6.45) is 12.6. The Labute approximate surface area is 280 Å². The fraction of sp³-hybridized carbons (Fsp3) is 0.545. The highest BCUT2D eigenvalue weighted by molar-refractivity contribution is 7.17. The summed E-state index contributed by atoms with van der Waals surface area (Å²) >= 11 is 1.39. The largest absolute Gasteiger partial charge is 0.479 e. The zero-order valence-corrected chi connectivity index (χ0v) is 27.2. The number of rotatable bonds is 6. The number of nitrogens with one attached hydrogen (secondary N) is 2. The lowest BCUT2D eigenvalue weighted by molar-refractivity contribution is -0.145. The van der Waals surface area contributed by atoms with Gasteiger partial charge in [-0.1, -0.05) is 25.0 Å². The van der Waals surface area contributed by atoms with E-state index in [0.29, 0.717) is 23.1 Å². The van der Waals surface area contributed by atoms with E-state index in [1.807, 2.05) is 23.6 Å². The number of fused-ring (bicyclic) bond motifs is 3. The van der Waals surface area contributed by atoms with Crippen LogP contribution in [-0.2, 0) is 19.1 Å². The number of hydrogen-bond acceptors (Lipinski definition) is 11. The van der Waals surface area contributed by atoms with Gasteiger partial charge in [-0.25, -0.2) is 19.6 Å². The molecule has 5 atom stereocenters.